The molecule has 0 saturated carbocycles. The Morgan fingerprint density at radius 2 is 1.56 bits per heavy atom. The molecule has 2 heterocycles. The van der Waals surface area contributed by atoms with Crippen LogP contribution in [0.2, 0.25) is 0 Å². The Morgan fingerprint density at radius 3 is 2.06 bits per heavy atom. The topological polar surface area (TPSA) is 104 Å². The number of hydrogen-bond acceptors (Lipinski definition) is 6. The number of nitrogens with zero attached hydrogens (tertiary/aromatic N) is 4. The highest BCUT2D eigenvalue weighted by atomic mass is 19.4. The molecule has 0 saturated heterocycles. The van der Waals surface area contributed by atoms with Crippen LogP contribution in [-0.2, 0) is 6.18 Å². The summed E-state index contributed by atoms with van der Waals surface area (Å²) >= 11 is 0. The Bertz CT molecular complexity index is 566. The molecule has 4 N–H and O–H groups in total. The highest BCUT2D eigenvalue weighted by Crippen LogP contribution is 2.32. The average Bonchev–Trinajstić information content (AvgIpc) is 2.28. The Balaban J connectivity index is 2.43. The lowest BCUT2D eigenvalue weighted by molar-refractivity contribution is -0.137. The molecule has 0 radical (unpaired) electrons. The van der Waals surface area contributed by atoms with Gasteiger partial charge in [0.15, 0.2) is 5.82 Å². The van der Waals surface area contributed by atoms with Crippen molar-refractivity contribution in [2.24, 2.45) is 0 Å². The fraction of sp³-hybridized carbons (Fsp3) is 0.111. The summed E-state index contributed by atoms with van der Waals surface area (Å²) in [7, 11) is 0. The van der Waals surface area contributed by atoms with Crippen LogP contribution in [0.3, 0.4) is 0 Å². The van der Waals surface area contributed by atoms with Crippen LogP contribution < -0.4 is 11.5 Å². The molecule has 0 atom stereocenters. The first-order valence-corrected chi connectivity index (χ1v) is 4.65. The van der Waals surface area contributed by atoms with E-state index in [-0.39, 0.29) is 11.8 Å². The highest BCUT2D eigenvalue weighted by Gasteiger charge is 2.34. The van der Waals surface area contributed by atoms with Crippen LogP contribution in [0.25, 0.3) is 11.4 Å². The maximum absolute atomic E-state index is 12.4. The number of hydrogen-bond donors (Lipinski definition) is 2. The zero-order valence-electron chi connectivity index (χ0n) is 8.81. The smallest absolute Gasteiger partial charge is 0.383 e. The Morgan fingerprint density at radius 1 is 0.944 bits per heavy atom. The summed E-state index contributed by atoms with van der Waals surface area (Å²) in [6, 6.07) is 0. The molecule has 0 unspecified atom stereocenters. The molecule has 9 heteroatoms. The third-order valence-electron chi connectivity index (χ3n) is 2.05. The van der Waals surface area contributed by atoms with Crippen molar-refractivity contribution in [1.29, 1.82) is 0 Å². The van der Waals surface area contributed by atoms with Gasteiger partial charge in [-0.15, -0.1) is 0 Å². The first kappa shape index (κ1) is 12.0. The SMILES string of the molecule is Nc1ncc(-c2ncc(C(F)(F)F)c(N)n2)cn1. The molecule has 2 rings (SSSR count). The van der Waals surface area contributed by atoms with Crippen molar-refractivity contribution in [3.8, 4) is 11.4 Å². The Kier molecular flexibility index (Phi) is 2.73. The van der Waals surface area contributed by atoms with E-state index in [1.54, 1.807) is 0 Å². The van der Waals surface area contributed by atoms with E-state index in [1.165, 1.54) is 12.4 Å². The molecule has 0 bridgehead atoms. The number of nitrogens with two attached hydrogens (primary N) is 2. The number of aromatic nitrogens is 4. The predicted octanol–water partition coefficient (Wildman–Crippen LogP) is 1.12. The standard InChI is InChI=1S/C9H7F3N6/c10-9(11,12)5-3-15-7(18-6(5)13)4-1-16-8(14)17-2-4/h1-3H,(H2,13,15,18)(H2,14,16,17). The van der Waals surface area contributed by atoms with Gasteiger partial charge in [0.1, 0.15) is 11.4 Å². The maximum atomic E-state index is 12.4. The summed E-state index contributed by atoms with van der Waals surface area (Å²) in [4.78, 5) is 14.5. The summed E-state index contributed by atoms with van der Waals surface area (Å²) in [6.45, 7) is 0. The second-order valence-electron chi connectivity index (χ2n) is 3.32. The maximum Gasteiger partial charge on any atom is 0.421 e. The third-order valence-corrected chi connectivity index (χ3v) is 2.05. The van der Waals surface area contributed by atoms with E-state index in [0.29, 0.717) is 11.8 Å². The van der Waals surface area contributed by atoms with Gasteiger partial charge in [-0.2, -0.15) is 13.2 Å². The average molecular weight is 256 g/mol. The van der Waals surface area contributed by atoms with Crippen molar-refractivity contribution in [2.45, 2.75) is 6.18 Å². The molecule has 0 aliphatic carbocycles. The van der Waals surface area contributed by atoms with Crippen LogP contribution in [0, 0.1) is 0 Å². The molecule has 0 fully saturated rings. The second-order valence-corrected chi connectivity index (χ2v) is 3.32. The number of anilines is 2. The molecule has 0 amide bonds. The largest absolute Gasteiger partial charge is 0.421 e. The molecule has 2 aromatic rings. The molecule has 94 valence electrons. The zero-order valence-corrected chi connectivity index (χ0v) is 8.81. The molecule has 6 nitrogen and oxygen atoms in total. The molecule has 0 spiro atoms. The first-order chi connectivity index (χ1) is 8.38. The molecule has 2 aromatic heterocycles. The summed E-state index contributed by atoms with van der Waals surface area (Å²) < 4.78 is 37.3. The summed E-state index contributed by atoms with van der Waals surface area (Å²) in [5, 5.41) is 0. The molecule has 0 aromatic carbocycles. The van der Waals surface area contributed by atoms with Gasteiger partial charge in [0.2, 0.25) is 5.95 Å². The van der Waals surface area contributed by atoms with Crippen molar-refractivity contribution in [3.63, 3.8) is 0 Å². The van der Waals surface area contributed by atoms with E-state index in [1.807, 2.05) is 0 Å². The van der Waals surface area contributed by atoms with Crippen LogP contribution in [0.15, 0.2) is 18.6 Å². The lowest BCUT2D eigenvalue weighted by atomic mass is 10.2. The van der Waals surface area contributed by atoms with Crippen molar-refractivity contribution < 1.29 is 13.2 Å². The molecule has 18 heavy (non-hydrogen) atoms. The predicted molar refractivity (Wildman–Crippen MR) is 56.9 cm³/mol. The van der Waals surface area contributed by atoms with Crippen LogP contribution in [0.1, 0.15) is 5.56 Å². The van der Waals surface area contributed by atoms with Gasteiger partial charge in [-0.25, -0.2) is 19.9 Å². The minimum Gasteiger partial charge on any atom is -0.383 e. The number of halogens is 3. The summed E-state index contributed by atoms with van der Waals surface area (Å²) in [5.74, 6) is -0.608. The van der Waals surface area contributed by atoms with Crippen LogP contribution in [-0.4, -0.2) is 19.9 Å². The monoisotopic (exact) mass is 256 g/mol. The van der Waals surface area contributed by atoms with E-state index in [9.17, 15) is 13.2 Å². The molecular weight excluding hydrogens is 249 g/mol. The highest BCUT2D eigenvalue weighted by molar-refractivity contribution is 5.56. The van der Waals surface area contributed by atoms with Crippen molar-refractivity contribution in [1.82, 2.24) is 19.9 Å². The van der Waals surface area contributed by atoms with Gasteiger partial charge in [0.05, 0.1) is 5.56 Å². The third kappa shape index (κ3) is 2.29. The fourth-order valence-electron chi connectivity index (χ4n) is 1.21. The number of nitrogen functional groups attached to an aromatic ring is 2. The van der Waals surface area contributed by atoms with Gasteiger partial charge >= 0.3 is 6.18 Å². The number of rotatable bonds is 1. The lowest BCUT2D eigenvalue weighted by Crippen LogP contribution is -2.11. The molecular formula is C9H7F3N6. The van der Waals surface area contributed by atoms with Crippen molar-refractivity contribution >= 4 is 11.8 Å². The minimum absolute atomic E-state index is 0.000463. The Labute approximate surface area is 98.9 Å². The van der Waals surface area contributed by atoms with Gasteiger partial charge in [-0.05, 0) is 0 Å². The van der Waals surface area contributed by atoms with Gasteiger partial charge in [0.25, 0.3) is 0 Å². The summed E-state index contributed by atoms with van der Waals surface area (Å²) in [6.07, 6.45) is -1.37. The van der Waals surface area contributed by atoms with E-state index in [2.05, 4.69) is 19.9 Å². The quantitative estimate of drug-likeness (QED) is 0.792. The molecule has 0 aliphatic heterocycles. The van der Waals surface area contributed by atoms with Crippen molar-refractivity contribution in [2.75, 3.05) is 11.5 Å². The fourth-order valence-corrected chi connectivity index (χ4v) is 1.21. The zero-order chi connectivity index (χ0) is 13.3. The normalized spacial score (nSPS) is 11.5. The lowest BCUT2D eigenvalue weighted by Gasteiger charge is -2.09. The number of alkyl halides is 3. The second kappa shape index (κ2) is 4.09. The van der Waals surface area contributed by atoms with E-state index in [4.69, 9.17) is 11.5 Å². The van der Waals surface area contributed by atoms with E-state index in [0.717, 1.165) is 0 Å². The van der Waals surface area contributed by atoms with Crippen LogP contribution >= 0.6 is 0 Å². The van der Waals surface area contributed by atoms with Gasteiger partial charge in [0, 0.05) is 18.6 Å². The Hall–Kier alpha value is -2.45. The minimum atomic E-state index is -4.58. The van der Waals surface area contributed by atoms with Crippen molar-refractivity contribution in [3.05, 3.63) is 24.2 Å². The van der Waals surface area contributed by atoms with E-state index < -0.39 is 17.6 Å². The van der Waals surface area contributed by atoms with E-state index >= 15 is 0 Å². The summed E-state index contributed by atoms with van der Waals surface area (Å²) in [5.41, 5.74) is 9.76. The van der Waals surface area contributed by atoms with Gasteiger partial charge in [-0.3, -0.25) is 0 Å². The first-order valence-electron chi connectivity index (χ1n) is 4.65. The molecule has 0 aliphatic rings. The van der Waals surface area contributed by atoms with Crippen LogP contribution in [0.4, 0.5) is 24.9 Å². The van der Waals surface area contributed by atoms with Gasteiger partial charge in [-0.1, -0.05) is 0 Å². The van der Waals surface area contributed by atoms with Gasteiger partial charge < -0.3 is 11.5 Å². The van der Waals surface area contributed by atoms with Crippen LogP contribution in [0.5, 0.6) is 0 Å².